The molecule has 1 N–H and O–H groups in total. The standard InChI is InChI=1S/C9H5F2N3O4/c10-8(11)7-4(1-6(15)16)3-13-9(14(17)18)5(7)2-12/h3,8H,1H2,(H,15,16). The summed E-state index contributed by atoms with van der Waals surface area (Å²) in [5, 5.41) is 27.7. The van der Waals surface area contributed by atoms with Crippen LogP contribution in [0.1, 0.15) is 23.1 Å². The fourth-order valence-corrected chi connectivity index (χ4v) is 1.36. The number of halogens is 2. The monoisotopic (exact) mass is 257 g/mol. The molecule has 1 aromatic heterocycles. The number of hydrogen-bond donors (Lipinski definition) is 1. The van der Waals surface area contributed by atoms with Crippen LogP contribution in [0.3, 0.4) is 0 Å². The SMILES string of the molecule is N#Cc1c([N+](=O)[O-])ncc(CC(=O)O)c1C(F)F. The smallest absolute Gasteiger partial charge is 0.381 e. The molecule has 0 radical (unpaired) electrons. The van der Waals surface area contributed by atoms with Crippen molar-refractivity contribution in [2.24, 2.45) is 0 Å². The first-order chi connectivity index (χ1) is 8.38. The maximum atomic E-state index is 12.8. The van der Waals surface area contributed by atoms with Gasteiger partial charge in [0.15, 0.2) is 5.56 Å². The van der Waals surface area contributed by atoms with Crippen molar-refractivity contribution in [2.45, 2.75) is 12.8 Å². The molecule has 0 fully saturated rings. The van der Waals surface area contributed by atoms with Crippen molar-refractivity contribution in [1.82, 2.24) is 4.98 Å². The van der Waals surface area contributed by atoms with Crippen LogP contribution in [0.25, 0.3) is 0 Å². The zero-order valence-corrected chi connectivity index (χ0v) is 8.63. The van der Waals surface area contributed by atoms with E-state index in [-0.39, 0.29) is 0 Å². The topological polar surface area (TPSA) is 117 Å². The molecule has 0 atom stereocenters. The van der Waals surface area contributed by atoms with E-state index in [0.717, 1.165) is 0 Å². The Kier molecular flexibility index (Phi) is 3.83. The molecule has 94 valence electrons. The van der Waals surface area contributed by atoms with Gasteiger partial charge in [-0.25, -0.2) is 8.78 Å². The van der Waals surface area contributed by atoms with Gasteiger partial charge in [0.1, 0.15) is 12.3 Å². The Hall–Kier alpha value is -2.63. The van der Waals surface area contributed by atoms with Crippen LogP contribution in [0, 0.1) is 21.4 Å². The predicted molar refractivity (Wildman–Crippen MR) is 51.9 cm³/mol. The number of carboxylic acids is 1. The van der Waals surface area contributed by atoms with Crippen LogP contribution < -0.4 is 0 Å². The van der Waals surface area contributed by atoms with Crippen molar-refractivity contribution in [3.63, 3.8) is 0 Å². The molecule has 0 bridgehead atoms. The fourth-order valence-electron chi connectivity index (χ4n) is 1.36. The number of alkyl halides is 2. The fraction of sp³-hybridized carbons (Fsp3) is 0.222. The van der Waals surface area contributed by atoms with Crippen molar-refractivity contribution in [2.75, 3.05) is 0 Å². The van der Waals surface area contributed by atoms with Gasteiger partial charge in [0, 0.05) is 5.56 Å². The predicted octanol–water partition coefficient (Wildman–Crippen LogP) is 1.43. The van der Waals surface area contributed by atoms with Crippen molar-refractivity contribution >= 4 is 11.8 Å². The summed E-state index contributed by atoms with van der Waals surface area (Å²) in [5.41, 5.74) is -2.28. The van der Waals surface area contributed by atoms with Crippen LogP contribution in [-0.2, 0) is 11.2 Å². The first kappa shape index (κ1) is 13.4. The van der Waals surface area contributed by atoms with E-state index in [2.05, 4.69) is 4.98 Å². The van der Waals surface area contributed by atoms with Crippen molar-refractivity contribution in [3.8, 4) is 6.07 Å². The normalized spacial score (nSPS) is 10.1. The quantitative estimate of drug-likeness (QED) is 0.643. The summed E-state index contributed by atoms with van der Waals surface area (Å²) in [6.45, 7) is 0. The van der Waals surface area contributed by atoms with Crippen LogP contribution >= 0.6 is 0 Å². The van der Waals surface area contributed by atoms with Gasteiger partial charge in [0.05, 0.1) is 12.0 Å². The van der Waals surface area contributed by atoms with Gasteiger partial charge < -0.3 is 15.2 Å². The molecule has 0 aliphatic carbocycles. The number of aromatic nitrogens is 1. The third-order valence-electron chi connectivity index (χ3n) is 2.03. The van der Waals surface area contributed by atoms with Crippen LogP contribution in [0.15, 0.2) is 6.20 Å². The number of aliphatic carboxylic acids is 1. The van der Waals surface area contributed by atoms with Gasteiger partial charge in [0.25, 0.3) is 6.43 Å². The Morgan fingerprint density at radius 2 is 2.28 bits per heavy atom. The Morgan fingerprint density at radius 3 is 2.67 bits per heavy atom. The Balaban J connectivity index is 3.54. The van der Waals surface area contributed by atoms with E-state index in [1.54, 1.807) is 0 Å². The molecular formula is C9H5F2N3O4. The summed E-state index contributed by atoms with van der Waals surface area (Å²) in [6.07, 6.45) is -3.32. The summed E-state index contributed by atoms with van der Waals surface area (Å²) in [5.74, 6) is -2.42. The Labute approximate surface area is 98.4 Å². The van der Waals surface area contributed by atoms with Crippen LogP contribution in [0.4, 0.5) is 14.6 Å². The van der Waals surface area contributed by atoms with Crippen LogP contribution in [0.5, 0.6) is 0 Å². The molecule has 1 rings (SSSR count). The second kappa shape index (κ2) is 5.13. The summed E-state index contributed by atoms with van der Waals surface area (Å²) in [6, 6.07) is 1.26. The molecule has 0 saturated carbocycles. The van der Waals surface area contributed by atoms with E-state index in [0.29, 0.717) is 6.20 Å². The maximum absolute atomic E-state index is 12.8. The van der Waals surface area contributed by atoms with Crippen LogP contribution in [-0.4, -0.2) is 21.0 Å². The molecule has 18 heavy (non-hydrogen) atoms. The number of nitrogens with zero attached hydrogens (tertiary/aromatic N) is 3. The van der Waals surface area contributed by atoms with E-state index in [4.69, 9.17) is 10.4 Å². The van der Waals surface area contributed by atoms with E-state index < -0.39 is 46.2 Å². The average molecular weight is 257 g/mol. The highest BCUT2D eigenvalue weighted by molar-refractivity contribution is 5.71. The molecule has 0 amide bonds. The van der Waals surface area contributed by atoms with Gasteiger partial charge in [0.2, 0.25) is 0 Å². The summed E-state index contributed by atoms with van der Waals surface area (Å²) in [4.78, 5) is 23.1. The van der Waals surface area contributed by atoms with E-state index in [1.807, 2.05) is 0 Å². The zero-order chi connectivity index (χ0) is 13.9. The van der Waals surface area contributed by atoms with Gasteiger partial charge in [-0.2, -0.15) is 5.26 Å². The summed E-state index contributed by atoms with van der Waals surface area (Å²) >= 11 is 0. The molecule has 9 heteroatoms. The minimum absolute atomic E-state index is 0.417. The molecule has 0 unspecified atom stereocenters. The average Bonchev–Trinajstić information content (AvgIpc) is 2.26. The number of carboxylic acid groups (broad SMARTS) is 1. The third kappa shape index (κ3) is 2.54. The molecule has 7 nitrogen and oxygen atoms in total. The summed E-state index contributed by atoms with van der Waals surface area (Å²) in [7, 11) is 0. The van der Waals surface area contributed by atoms with Crippen molar-refractivity contribution in [3.05, 3.63) is 33.0 Å². The number of nitro groups is 1. The molecule has 1 aromatic rings. The molecule has 0 aromatic carbocycles. The first-order valence-electron chi connectivity index (χ1n) is 4.44. The largest absolute Gasteiger partial charge is 0.481 e. The minimum atomic E-state index is -3.20. The number of nitriles is 1. The Bertz CT molecular complexity index is 553. The number of hydrogen-bond acceptors (Lipinski definition) is 5. The molecule has 1 heterocycles. The maximum Gasteiger partial charge on any atom is 0.381 e. The third-order valence-corrected chi connectivity index (χ3v) is 2.03. The highest BCUT2D eigenvalue weighted by Crippen LogP contribution is 2.31. The van der Waals surface area contributed by atoms with Gasteiger partial charge in [-0.3, -0.25) is 4.79 Å². The Morgan fingerprint density at radius 1 is 1.67 bits per heavy atom. The van der Waals surface area contributed by atoms with Crippen molar-refractivity contribution in [1.29, 1.82) is 5.26 Å². The number of pyridine rings is 1. The lowest BCUT2D eigenvalue weighted by atomic mass is 10.0. The van der Waals surface area contributed by atoms with Gasteiger partial charge in [-0.05, 0) is 9.91 Å². The van der Waals surface area contributed by atoms with Gasteiger partial charge >= 0.3 is 11.8 Å². The van der Waals surface area contributed by atoms with Crippen molar-refractivity contribution < 1.29 is 23.6 Å². The molecule has 0 spiro atoms. The highest BCUT2D eigenvalue weighted by Gasteiger charge is 2.29. The van der Waals surface area contributed by atoms with E-state index in [1.165, 1.54) is 6.07 Å². The lowest BCUT2D eigenvalue weighted by Gasteiger charge is -2.07. The summed E-state index contributed by atoms with van der Waals surface area (Å²) < 4.78 is 25.5. The number of rotatable bonds is 4. The van der Waals surface area contributed by atoms with Gasteiger partial charge in [-0.1, -0.05) is 0 Å². The number of carbonyl (C=O) groups is 1. The lowest BCUT2D eigenvalue weighted by molar-refractivity contribution is -0.389. The second-order valence-electron chi connectivity index (χ2n) is 3.14. The minimum Gasteiger partial charge on any atom is -0.481 e. The molecule has 0 saturated heterocycles. The highest BCUT2D eigenvalue weighted by atomic mass is 19.3. The van der Waals surface area contributed by atoms with Gasteiger partial charge in [-0.15, -0.1) is 0 Å². The lowest BCUT2D eigenvalue weighted by Crippen LogP contribution is -2.09. The second-order valence-corrected chi connectivity index (χ2v) is 3.14. The van der Waals surface area contributed by atoms with E-state index in [9.17, 15) is 23.7 Å². The van der Waals surface area contributed by atoms with Crippen LogP contribution in [0.2, 0.25) is 0 Å². The zero-order valence-electron chi connectivity index (χ0n) is 8.63. The molecule has 0 aliphatic heterocycles. The first-order valence-corrected chi connectivity index (χ1v) is 4.44. The van der Waals surface area contributed by atoms with E-state index >= 15 is 0 Å². The molecule has 0 aliphatic rings. The molecular weight excluding hydrogens is 252 g/mol.